The molecule has 4 rings (SSSR count). The van der Waals surface area contributed by atoms with E-state index in [1.165, 1.54) is 30.5 Å². The molecule has 2 fully saturated rings. The van der Waals surface area contributed by atoms with Crippen molar-refractivity contribution in [2.75, 3.05) is 18.5 Å². The van der Waals surface area contributed by atoms with Gasteiger partial charge in [0.2, 0.25) is 0 Å². The number of benzene rings is 1. The number of primary amides is 1. The molecule has 176 valence electrons. The lowest BCUT2D eigenvalue weighted by Gasteiger charge is -2.37. The second-order valence-corrected chi connectivity index (χ2v) is 8.56. The molecule has 1 aliphatic heterocycles. The summed E-state index contributed by atoms with van der Waals surface area (Å²) in [5, 5.41) is 20.7. The number of hydrogen-bond acceptors (Lipinski definition) is 6. The maximum atomic E-state index is 12.6. The van der Waals surface area contributed by atoms with Gasteiger partial charge in [-0.15, -0.1) is 0 Å². The molecule has 33 heavy (non-hydrogen) atoms. The maximum Gasteiger partial charge on any atom is 0.393 e. The van der Waals surface area contributed by atoms with Gasteiger partial charge >= 0.3 is 6.18 Å². The number of nitrogens with two attached hydrogens (primary N) is 1. The summed E-state index contributed by atoms with van der Waals surface area (Å²) in [4.78, 5) is 12.0. The molecule has 1 aromatic heterocycles. The van der Waals surface area contributed by atoms with Gasteiger partial charge < -0.3 is 21.1 Å². The highest BCUT2D eigenvalue weighted by atomic mass is 19.4. The first-order chi connectivity index (χ1) is 15.7. The molecule has 3 atom stereocenters. The molecule has 1 saturated heterocycles. The standard InChI is InChI=1S/C22H25F3N6O2/c23-22(24,25)8-13-1-3-15(4-2-13)29-21-18(20(27)32)10-31(30-21)19-6-5-16(7-14(19)9-26)28-17-11-33-12-17/h1-4,10,14,16-17,19,28H,5-8,11-12H2,(H2,27,32)(H,29,30). The summed E-state index contributed by atoms with van der Waals surface area (Å²) >= 11 is 0. The van der Waals surface area contributed by atoms with E-state index in [1.807, 2.05) is 0 Å². The van der Waals surface area contributed by atoms with Crippen LogP contribution in [0.3, 0.4) is 0 Å². The van der Waals surface area contributed by atoms with Crippen LogP contribution in [-0.2, 0) is 11.2 Å². The van der Waals surface area contributed by atoms with E-state index in [0.29, 0.717) is 37.8 Å². The van der Waals surface area contributed by atoms with Crippen LogP contribution >= 0.6 is 0 Å². The van der Waals surface area contributed by atoms with E-state index in [0.717, 1.165) is 6.42 Å². The second kappa shape index (κ2) is 9.41. The fraction of sp³-hybridized carbons (Fsp3) is 0.500. The van der Waals surface area contributed by atoms with E-state index in [9.17, 15) is 23.2 Å². The van der Waals surface area contributed by atoms with Gasteiger partial charge in [0.25, 0.3) is 5.91 Å². The summed E-state index contributed by atoms with van der Waals surface area (Å²) in [6.45, 7) is 1.37. The van der Waals surface area contributed by atoms with Crippen molar-refractivity contribution in [3.05, 3.63) is 41.6 Å². The van der Waals surface area contributed by atoms with E-state index < -0.39 is 18.5 Å². The lowest BCUT2D eigenvalue weighted by atomic mass is 9.82. The van der Waals surface area contributed by atoms with E-state index in [-0.39, 0.29) is 34.9 Å². The lowest BCUT2D eigenvalue weighted by Crippen LogP contribution is -2.52. The predicted molar refractivity (Wildman–Crippen MR) is 114 cm³/mol. The van der Waals surface area contributed by atoms with E-state index >= 15 is 0 Å². The van der Waals surface area contributed by atoms with E-state index in [4.69, 9.17) is 10.5 Å². The Morgan fingerprint density at radius 3 is 2.55 bits per heavy atom. The van der Waals surface area contributed by atoms with Crippen LogP contribution in [0.5, 0.6) is 0 Å². The molecule has 2 aliphatic rings. The van der Waals surface area contributed by atoms with Gasteiger partial charge in [-0.25, -0.2) is 0 Å². The zero-order valence-corrected chi connectivity index (χ0v) is 17.8. The molecule has 1 aliphatic carbocycles. The monoisotopic (exact) mass is 462 g/mol. The Bertz CT molecular complexity index is 1030. The number of ether oxygens (including phenoxy) is 1. The SMILES string of the molecule is N#CC1CC(NC2COC2)CCC1n1cc(C(N)=O)c(Nc2ccc(CC(F)(F)F)cc2)n1. The minimum absolute atomic E-state index is 0.129. The van der Waals surface area contributed by atoms with Gasteiger partial charge in [0.05, 0.1) is 43.7 Å². The highest BCUT2D eigenvalue weighted by Crippen LogP contribution is 2.35. The predicted octanol–water partition coefficient (Wildman–Crippen LogP) is 3.05. The summed E-state index contributed by atoms with van der Waals surface area (Å²) in [7, 11) is 0. The highest BCUT2D eigenvalue weighted by Gasteiger charge is 2.35. The summed E-state index contributed by atoms with van der Waals surface area (Å²) < 4.78 is 44.5. The molecule has 2 aromatic rings. The summed E-state index contributed by atoms with van der Waals surface area (Å²) in [6.07, 6.45) is -1.55. The third kappa shape index (κ3) is 5.64. The van der Waals surface area contributed by atoms with Gasteiger partial charge in [0.15, 0.2) is 5.82 Å². The van der Waals surface area contributed by atoms with Gasteiger partial charge in [0.1, 0.15) is 5.56 Å². The summed E-state index contributed by atoms with van der Waals surface area (Å²) in [5.41, 5.74) is 6.28. The summed E-state index contributed by atoms with van der Waals surface area (Å²) in [6, 6.07) is 8.41. The van der Waals surface area contributed by atoms with Crippen LogP contribution in [0, 0.1) is 17.2 Å². The lowest BCUT2D eigenvalue weighted by molar-refractivity contribution is -0.127. The van der Waals surface area contributed by atoms with Crippen molar-refractivity contribution in [3.63, 3.8) is 0 Å². The van der Waals surface area contributed by atoms with Crippen LogP contribution in [0.25, 0.3) is 0 Å². The fourth-order valence-electron chi connectivity index (χ4n) is 4.33. The number of rotatable bonds is 7. The number of alkyl halides is 3. The number of hydrogen-bond donors (Lipinski definition) is 3. The normalized spacial score (nSPS) is 23.5. The smallest absolute Gasteiger partial charge is 0.378 e. The first kappa shape index (κ1) is 23.1. The Hall–Kier alpha value is -3.10. The zero-order chi connectivity index (χ0) is 23.6. The summed E-state index contributed by atoms with van der Waals surface area (Å²) in [5.74, 6) is -0.784. The average Bonchev–Trinajstić information content (AvgIpc) is 3.15. The van der Waals surface area contributed by atoms with Gasteiger partial charge in [-0.1, -0.05) is 12.1 Å². The minimum atomic E-state index is -4.29. The minimum Gasteiger partial charge on any atom is -0.378 e. The second-order valence-electron chi connectivity index (χ2n) is 8.56. The number of aromatic nitrogens is 2. The van der Waals surface area contributed by atoms with E-state index in [1.54, 1.807) is 4.68 Å². The molecule has 3 unspecified atom stereocenters. The first-order valence-electron chi connectivity index (χ1n) is 10.8. The number of carbonyl (C=O) groups is 1. The third-order valence-electron chi connectivity index (χ3n) is 6.05. The Balaban J connectivity index is 1.48. The number of amides is 1. The quantitative estimate of drug-likeness (QED) is 0.582. The molecule has 1 aromatic carbocycles. The van der Waals surface area contributed by atoms with Crippen LogP contribution < -0.4 is 16.4 Å². The van der Waals surface area contributed by atoms with Gasteiger partial charge in [-0.2, -0.15) is 23.5 Å². The molecule has 1 saturated carbocycles. The van der Waals surface area contributed by atoms with Crippen molar-refractivity contribution in [2.45, 2.75) is 50.0 Å². The Kier molecular flexibility index (Phi) is 6.58. The molecule has 4 N–H and O–H groups in total. The molecular formula is C22H25F3N6O2. The zero-order valence-electron chi connectivity index (χ0n) is 17.8. The van der Waals surface area contributed by atoms with Crippen LogP contribution in [0.4, 0.5) is 24.7 Å². The molecular weight excluding hydrogens is 437 g/mol. The Morgan fingerprint density at radius 2 is 1.97 bits per heavy atom. The Labute approximate surface area is 188 Å². The Morgan fingerprint density at radius 1 is 1.24 bits per heavy atom. The van der Waals surface area contributed by atoms with Gasteiger partial charge in [0, 0.05) is 17.9 Å². The fourth-order valence-corrected chi connectivity index (χ4v) is 4.33. The van der Waals surface area contributed by atoms with Crippen LogP contribution in [0.2, 0.25) is 0 Å². The molecule has 8 nitrogen and oxygen atoms in total. The van der Waals surface area contributed by atoms with Gasteiger partial charge in [-0.3, -0.25) is 9.48 Å². The number of nitrogens with one attached hydrogen (secondary N) is 2. The average molecular weight is 462 g/mol. The molecule has 0 bridgehead atoms. The third-order valence-corrected chi connectivity index (χ3v) is 6.05. The molecule has 0 spiro atoms. The van der Waals surface area contributed by atoms with Crippen molar-refractivity contribution in [1.29, 1.82) is 5.26 Å². The number of nitriles is 1. The molecule has 0 radical (unpaired) electrons. The van der Waals surface area contributed by atoms with Crippen molar-refractivity contribution >= 4 is 17.4 Å². The van der Waals surface area contributed by atoms with Crippen LogP contribution in [0.15, 0.2) is 30.5 Å². The topological polar surface area (TPSA) is 118 Å². The van der Waals surface area contributed by atoms with Crippen molar-refractivity contribution in [2.24, 2.45) is 11.7 Å². The van der Waals surface area contributed by atoms with Crippen molar-refractivity contribution in [3.8, 4) is 6.07 Å². The number of nitrogens with zero attached hydrogens (tertiary/aromatic N) is 3. The number of carbonyl (C=O) groups excluding carboxylic acids is 1. The maximum absolute atomic E-state index is 12.6. The molecule has 11 heteroatoms. The molecule has 2 heterocycles. The number of anilines is 2. The largest absolute Gasteiger partial charge is 0.393 e. The van der Waals surface area contributed by atoms with Crippen LogP contribution in [0.1, 0.15) is 41.2 Å². The first-order valence-corrected chi connectivity index (χ1v) is 10.8. The van der Waals surface area contributed by atoms with Gasteiger partial charge in [-0.05, 0) is 37.0 Å². The van der Waals surface area contributed by atoms with Crippen molar-refractivity contribution < 1.29 is 22.7 Å². The van der Waals surface area contributed by atoms with Crippen LogP contribution in [-0.4, -0.2) is 47.2 Å². The van der Waals surface area contributed by atoms with E-state index in [2.05, 4.69) is 21.8 Å². The number of halogens is 3. The molecule has 1 amide bonds. The highest BCUT2D eigenvalue weighted by molar-refractivity contribution is 5.98. The van der Waals surface area contributed by atoms with Crippen molar-refractivity contribution in [1.82, 2.24) is 15.1 Å².